The Morgan fingerprint density at radius 3 is 3.00 bits per heavy atom. The number of fused-ring (bicyclic) bond motifs is 1. The first kappa shape index (κ1) is 12.8. The van der Waals surface area contributed by atoms with Gasteiger partial charge in [0.25, 0.3) is 0 Å². The molecule has 0 atom stereocenters. The van der Waals surface area contributed by atoms with E-state index in [1.165, 1.54) is 11.1 Å². The zero-order valence-corrected chi connectivity index (χ0v) is 11.4. The van der Waals surface area contributed by atoms with Gasteiger partial charge in [0.2, 0.25) is 0 Å². The maximum Gasteiger partial charge on any atom is 0.196 e. The summed E-state index contributed by atoms with van der Waals surface area (Å²) in [6.07, 6.45) is 2.68. The highest BCUT2D eigenvalue weighted by atomic mass is 16.1. The number of hydrogen-bond acceptors (Lipinski definition) is 4. The Balaban J connectivity index is 2.00. The third-order valence-electron chi connectivity index (χ3n) is 3.65. The van der Waals surface area contributed by atoms with Gasteiger partial charge in [-0.3, -0.25) is 4.79 Å². The number of nitrogens with zero attached hydrogens (tertiary/aromatic N) is 1. The highest BCUT2D eigenvalue weighted by molar-refractivity contribution is 6.11. The number of nitrogens with two attached hydrogens (primary N) is 1. The molecule has 4 heteroatoms. The lowest BCUT2D eigenvalue weighted by Crippen LogP contribution is -2.24. The monoisotopic (exact) mass is 267 g/mol. The quantitative estimate of drug-likeness (QED) is 0.815. The van der Waals surface area contributed by atoms with Crippen molar-refractivity contribution in [2.24, 2.45) is 0 Å². The minimum absolute atomic E-state index is 0.0629. The molecule has 20 heavy (non-hydrogen) atoms. The topological polar surface area (TPSA) is 68.0 Å². The molecule has 0 saturated heterocycles. The van der Waals surface area contributed by atoms with Crippen molar-refractivity contribution in [1.29, 1.82) is 0 Å². The summed E-state index contributed by atoms with van der Waals surface area (Å²) < 4.78 is 0. The molecule has 2 aromatic rings. The predicted molar refractivity (Wildman–Crippen MR) is 78.7 cm³/mol. The van der Waals surface area contributed by atoms with E-state index in [0.29, 0.717) is 11.1 Å². The fourth-order valence-electron chi connectivity index (χ4n) is 2.54. The number of aryl methyl sites for hydroxylation is 1. The van der Waals surface area contributed by atoms with E-state index >= 15 is 0 Å². The zero-order valence-electron chi connectivity index (χ0n) is 11.4. The molecular formula is C16H17N3O. The molecule has 0 spiro atoms. The Labute approximate surface area is 118 Å². The number of benzene rings is 1. The Morgan fingerprint density at radius 2 is 2.15 bits per heavy atom. The van der Waals surface area contributed by atoms with Gasteiger partial charge in [0, 0.05) is 18.3 Å². The summed E-state index contributed by atoms with van der Waals surface area (Å²) in [4.78, 5) is 16.6. The van der Waals surface area contributed by atoms with Crippen molar-refractivity contribution >= 4 is 11.6 Å². The van der Waals surface area contributed by atoms with Gasteiger partial charge in [-0.15, -0.1) is 0 Å². The molecule has 0 amide bonds. The van der Waals surface area contributed by atoms with Crippen LogP contribution in [0, 0.1) is 6.92 Å². The zero-order chi connectivity index (χ0) is 14.1. The Bertz CT molecular complexity index is 679. The molecule has 1 aromatic carbocycles. The molecule has 0 aliphatic carbocycles. The standard InChI is InChI=1S/C16H17N3O/c1-10-6-14(16(17)19-8-10)15(20)12-3-2-11-4-5-18-9-13(11)7-12/h2-3,6-8,18H,4-5,9H2,1H3,(H2,17,19). The number of anilines is 1. The second kappa shape index (κ2) is 5.06. The van der Waals surface area contributed by atoms with Gasteiger partial charge in [-0.25, -0.2) is 4.98 Å². The van der Waals surface area contributed by atoms with Gasteiger partial charge < -0.3 is 11.1 Å². The molecule has 1 aliphatic heterocycles. The van der Waals surface area contributed by atoms with Crippen LogP contribution in [0.2, 0.25) is 0 Å². The SMILES string of the molecule is Cc1cnc(N)c(C(=O)c2ccc3c(c2)CNCC3)c1. The average Bonchev–Trinajstić information content (AvgIpc) is 2.48. The van der Waals surface area contributed by atoms with Crippen LogP contribution in [0.1, 0.15) is 32.6 Å². The molecule has 1 aliphatic rings. The van der Waals surface area contributed by atoms with Crippen molar-refractivity contribution < 1.29 is 4.79 Å². The highest BCUT2D eigenvalue weighted by Crippen LogP contribution is 2.20. The third-order valence-corrected chi connectivity index (χ3v) is 3.65. The van der Waals surface area contributed by atoms with Gasteiger partial charge in [0.1, 0.15) is 5.82 Å². The van der Waals surface area contributed by atoms with Crippen LogP contribution in [0.15, 0.2) is 30.5 Å². The van der Waals surface area contributed by atoms with E-state index in [1.54, 1.807) is 12.3 Å². The van der Waals surface area contributed by atoms with Crippen LogP contribution in [0.5, 0.6) is 0 Å². The Kier molecular flexibility index (Phi) is 3.24. The lowest BCUT2D eigenvalue weighted by atomic mass is 9.95. The molecule has 4 nitrogen and oxygen atoms in total. The van der Waals surface area contributed by atoms with Crippen molar-refractivity contribution in [3.63, 3.8) is 0 Å². The number of aromatic nitrogens is 1. The third kappa shape index (κ3) is 2.30. The maximum atomic E-state index is 12.6. The first-order valence-corrected chi connectivity index (χ1v) is 6.74. The van der Waals surface area contributed by atoms with Gasteiger partial charge >= 0.3 is 0 Å². The van der Waals surface area contributed by atoms with Gasteiger partial charge in [0.15, 0.2) is 5.78 Å². The number of nitrogens with one attached hydrogen (secondary N) is 1. The number of pyridine rings is 1. The summed E-state index contributed by atoms with van der Waals surface area (Å²) in [5.74, 6) is 0.225. The molecule has 2 heterocycles. The van der Waals surface area contributed by atoms with Gasteiger partial charge in [0.05, 0.1) is 5.56 Å². The molecule has 0 fully saturated rings. The van der Waals surface area contributed by atoms with Crippen molar-refractivity contribution in [1.82, 2.24) is 10.3 Å². The van der Waals surface area contributed by atoms with Crippen LogP contribution in [-0.4, -0.2) is 17.3 Å². The predicted octanol–water partition coefficient (Wildman–Crippen LogP) is 1.85. The molecule has 0 bridgehead atoms. The van der Waals surface area contributed by atoms with Crippen LogP contribution in [0.25, 0.3) is 0 Å². The summed E-state index contributed by atoms with van der Waals surface area (Å²) in [6, 6.07) is 7.69. The highest BCUT2D eigenvalue weighted by Gasteiger charge is 2.16. The number of nitrogen functional groups attached to an aromatic ring is 1. The number of carbonyl (C=O) groups is 1. The van der Waals surface area contributed by atoms with Crippen molar-refractivity contribution in [2.45, 2.75) is 19.9 Å². The van der Waals surface area contributed by atoms with E-state index in [-0.39, 0.29) is 11.6 Å². The molecule has 3 rings (SSSR count). The fraction of sp³-hybridized carbons (Fsp3) is 0.250. The lowest BCUT2D eigenvalue weighted by molar-refractivity contribution is 0.103. The molecule has 1 aromatic heterocycles. The van der Waals surface area contributed by atoms with Crippen LogP contribution >= 0.6 is 0 Å². The number of rotatable bonds is 2. The number of hydrogen-bond donors (Lipinski definition) is 2. The van der Waals surface area contributed by atoms with Gasteiger partial charge in [-0.1, -0.05) is 12.1 Å². The van der Waals surface area contributed by atoms with Crippen molar-refractivity contribution in [3.8, 4) is 0 Å². The van der Waals surface area contributed by atoms with Crippen molar-refractivity contribution in [3.05, 3.63) is 58.3 Å². The summed E-state index contributed by atoms with van der Waals surface area (Å²) in [6.45, 7) is 3.72. The summed E-state index contributed by atoms with van der Waals surface area (Å²) in [5.41, 5.74) is 10.4. The minimum Gasteiger partial charge on any atom is -0.383 e. The number of carbonyl (C=O) groups excluding carboxylic acids is 1. The fourth-order valence-corrected chi connectivity index (χ4v) is 2.54. The van der Waals surface area contributed by atoms with E-state index in [0.717, 1.165) is 25.1 Å². The maximum absolute atomic E-state index is 12.6. The Morgan fingerprint density at radius 1 is 1.30 bits per heavy atom. The largest absolute Gasteiger partial charge is 0.383 e. The lowest BCUT2D eigenvalue weighted by Gasteiger charge is -2.17. The average molecular weight is 267 g/mol. The van der Waals surface area contributed by atoms with Crippen LogP contribution in [0.3, 0.4) is 0 Å². The van der Waals surface area contributed by atoms with E-state index in [1.807, 2.05) is 25.1 Å². The molecule has 102 valence electrons. The normalized spacial score (nSPS) is 13.8. The van der Waals surface area contributed by atoms with E-state index < -0.39 is 0 Å². The Hall–Kier alpha value is -2.20. The number of ketones is 1. The molecule has 0 radical (unpaired) electrons. The molecule has 0 saturated carbocycles. The smallest absolute Gasteiger partial charge is 0.196 e. The van der Waals surface area contributed by atoms with Gasteiger partial charge in [-0.2, -0.15) is 0 Å². The first-order chi connectivity index (χ1) is 9.65. The van der Waals surface area contributed by atoms with Gasteiger partial charge in [-0.05, 0) is 48.7 Å². The first-order valence-electron chi connectivity index (χ1n) is 6.74. The van der Waals surface area contributed by atoms with Crippen molar-refractivity contribution in [2.75, 3.05) is 12.3 Å². The summed E-state index contributed by atoms with van der Waals surface area (Å²) in [7, 11) is 0. The van der Waals surface area contributed by atoms with Crippen LogP contribution in [0.4, 0.5) is 5.82 Å². The second-order valence-electron chi connectivity index (χ2n) is 5.18. The summed E-state index contributed by atoms with van der Waals surface area (Å²) >= 11 is 0. The van der Waals surface area contributed by atoms with Crippen LogP contribution < -0.4 is 11.1 Å². The second-order valence-corrected chi connectivity index (χ2v) is 5.18. The molecular weight excluding hydrogens is 250 g/mol. The molecule has 0 unspecified atom stereocenters. The minimum atomic E-state index is -0.0629. The van der Waals surface area contributed by atoms with E-state index in [4.69, 9.17) is 5.73 Å². The van der Waals surface area contributed by atoms with E-state index in [9.17, 15) is 4.79 Å². The summed E-state index contributed by atoms with van der Waals surface area (Å²) in [5, 5.41) is 3.32. The van der Waals surface area contributed by atoms with Crippen LogP contribution in [-0.2, 0) is 13.0 Å². The van der Waals surface area contributed by atoms with E-state index in [2.05, 4.69) is 10.3 Å². The molecule has 3 N–H and O–H groups in total.